The summed E-state index contributed by atoms with van der Waals surface area (Å²) in [5, 5.41) is 0. The molecule has 0 aromatic rings. The summed E-state index contributed by atoms with van der Waals surface area (Å²) in [6, 6.07) is 0. The van der Waals surface area contributed by atoms with E-state index in [0.29, 0.717) is 12.2 Å². The third kappa shape index (κ3) is 9.16. The van der Waals surface area contributed by atoms with Gasteiger partial charge in [-0.05, 0) is 19.8 Å². The zero-order chi connectivity index (χ0) is 15.4. The van der Waals surface area contributed by atoms with Crippen LogP contribution in [0, 0.1) is 0 Å². The van der Waals surface area contributed by atoms with Gasteiger partial charge in [-0.3, -0.25) is 0 Å². The summed E-state index contributed by atoms with van der Waals surface area (Å²) < 4.78 is 18.9. The van der Waals surface area contributed by atoms with Crippen LogP contribution in [0.1, 0.15) is 19.8 Å². The average Bonchev–Trinajstić information content (AvgIpc) is 2.95. The highest BCUT2D eigenvalue weighted by Crippen LogP contribution is 2.12. The van der Waals surface area contributed by atoms with Crippen molar-refractivity contribution < 1.29 is 28.5 Å². The first-order chi connectivity index (χ1) is 9.51. The van der Waals surface area contributed by atoms with Gasteiger partial charge in [-0.15, -0.1) is 0 Å². The number of hydrogen-bond acceptors (Lipinski definition) is 6. The van der Waals surface area contributed by atoms with Crippen molar-refractivity contribution >= 4 is 11.9 Å². The standard InChI is InChI=1S/C9H14O3.C5H8O3/c1-7(2)9(10)12-6-8-4-3-5-11-8;1-7-4-3-5(6)8-2/h8H,1,3-6H2,2H3;3-4H,1-2H3. The van der Waals surface area contributed by atoms with Crippen molar-refractivity contribution in [3.8, 4) is 0 Å². The summed E-state index contributed by atoms with van der Waals surface area (Å²) in [6.45, 7) is 6.28. The van der Waals surface area contributed by atoms with Crippen LogP contribution in [0.4, 0.5) is 0 Å². The molecular weight excluding hydrogens is 264 g/mol. The van der Waals surface area contributed by atoms with Crippen LogP contribution in [0.5, 0.6) is 0 Å². The van der Waals surface area contributed by atoms with E-state index in [1.807, 2.05) is 0 Å². The van der Waals surface area contributed by atoms with E-state index in [1.165, 1.54) is 26.6 Å². The number of esters is 2. The largest absolute Gasteiger partial charge is 0.504 e. The molecule has 0 aliphatic carbocycles. The highest BCUT2D eigenvalue weighted by atomic mass is 16.6. The molecular formula is C14H22O6. The molecule has 0 aromatic heterocycles. The Kier molecular flexibility index (Phi) is 10.0. The lowest BCUT2D eigenvalue weighted by Crippen LogP contribution is -2.17. The predicted octanol–water partition coefficient (Wildman–Crippen LogP) is 1.60. The van der Waals surface area contributed by atoms with Gasteiger partial charge in [0.15, 0.2) is 0 Å². The highest BCUT2D eigenvalue weighted by Gasteiger charge is 2.17. The zero-order valence-electron chi connectivity index (χ0n) is 12.2. The third-order valence-corrected chi connectivity index (χ3v) is 2.31. The van der Waals surface area contributed by atoms with Gasteiger partial charge in [-0.1, -0.05) is 6.58 Å². The van der Waals surface area contributed by atoms with E-state index in [0.717, 1.165) is 19.4 Å². The molecule has 0 spiro atoms. The summed E-state index contributed by atoms with van der Waals surface area (Å²) >= 11 is 0. The van der Waals surface area contributed by atoms with Crippen molar-refractivity contribution in [2.24, 2.45) is 0 Å². The van der Waals surface area contributed by atoms with E-state index < -0.39 is 5.97 Å². The first-order valence-corrected chi connectivity index (χ1v) is 6.22. The minimum absolute atomic E-state index is 0.105. The summed E-state index contributed by atoms with van der Waals surface area (Å²) in [6.07, 6.45) is 4.61. The SMILES string of the molecule is C=C(C)C(=O)OCC1CCCO1.COC=CC(=O)OC. The number of ether oxygens (including phenoxy) is 4. The number of rotatable bonds is 5. The van der Waals surface area contributed by atoms with Crippen LogP contribution in [0.15, 0.2) is 24.5 Å². The van der Waals surface area contributed by atoms with Gasteiger partial charge in [0.25, 0.3) is 0 Å². The number of methoxy groups -OCH3 is 2. The molecule has 1 heterocycles. The minimum Gasteiger partial charge on any atom is -0.504 e. The van der Waals surface area contributed by atoms with Gasteiger partial charge in [0.2, 0.25) is 0 Å². The van der Waals surface area contributed by atoms with Crippen LogP contribution in [-0.4, -0.2) is 45.5 Å². The number of carbonyl (C=O) groups excluding carboxylic acids is 2. The smallest absolute Gasteiger partial charge is 0.333 e. The van der Waals surface area contributed by atoms with E-state index in [1.54, 1.807) is 6.92 Å². The van der Waals surface area contributed by atoms with Gasteiger partial charge >= 0.3 is 11.9 Å². The van der Waals surface area contributed by atoms with Gasteiger partial charge in [-0.2, -0.15) is 0 Å². The molecule has 20 heavy (non-hydrogen) atoms. The molecule has 1 aliphatic heterocycles. The first kappa shape index (κ1) is 18.2. The molecule has 0 radical (unpaired) electrons. The van der Waals surface area contributed by atoms with Crippen molar-refractivity contribution in [3.63, 3.8) is 0 Å². The maximum atomic E-state index is 10.9. The molecule has 1 fully saturated rings. The van der Waals surface area contributed by atoms with E-state index in [9.17, 15) is 9.59 Å². The van der Waals surface area contributed by atoms with Crippen LogP contribution < -0.4 is 0 Å². The van der Waals surface area contributed by atoms with Crippen molar-refractivity contribution in [3.05, 3.63) is 24.5 Å². The lowest BCUT2D eigenvalue weighted by atomic mass is 10.2. The van der Waals surface area contributed by atoms with E-state index >= 15 is 0 Å². The molecule has 6 nitrogen and oxygen atoms in total. The Morgan fingerprint density at radius 2 is 2.10 bits per heavy atom. The molecule has 0 saturated carbocycles. The molecule has 6 heteroatoms. The number of hydrogen-bond donors (Lipinski definition) is 0. The lowest BCUT2D eigenvalue weighted by Gasteiger charge is -2.09. The van der Waals surface area contributed by atoms with Gasteiger partial charge in [0, 0.05) is 12.2 Å². The molecule has 0 aromatic carbocycles. The van der Waals surface area contributed by atoms with E-state index in [-0.39, 0.29) is 12.1 Å². The molecule has 1 atom stereocenters. The van der Waals surface area contributed by atoms with Gasteiger partial charge < -0.3 is 18.9 Å². The normalized spacial score (nSPS) is 17.1. The van der Waals surface area contributed by atoms with Gasteiger partial charge in [0.05, 0.1) is 32.7 Å². The zero-order valence-corrected chi connectivity index (χ0v) is 12.2. The summed E-state index contributed by atoms with van der Waals surface area (Å²) in [7, 11) is 2.77. The minimum atomic E-state index is -0.410. The Hall–Kier alpha value is -1.82. The van der Waals surface area contributed by atoms with Crippen LogP contribution in [-0.2, 0) is 28.5 Å². The van der Waals surface area contributed by atoms with Gasteiger partial charge in [-0.25, -0.2) is 9.59 Å². The molecule has 1 saturated heterocycles. The quantitative estimate of drug-likeness (QED) is 0.434. The molecule has 1 rings (SSSR count). The average molecular weight is 286 g/mol. The van der Waals surface area contributed by atoms with Crippen LogP contribution in [0.25, 0.3) is 0 Å². The Labute approximate surface area is 119 Å². The maximum absolute atomic E-state index is 10.9. The van der Waals surface area contributed by atoms with E-state index in [2.05, 4.69) is 16.1 Å². The second-order valence-corrected chi connectivity index (χ2v) is 4.08. The molecule has 0 bridgehead atoms. The van der Waals surface area contributed by atoms with E-state index in [4.69, 9.17) is 9.47 Å². The Morgan fingerprint density at radius 3 is 2.55 bits per heavy atom. The van der Waals surface area contributed by atoms with Crippen LogP contribution in [0.3, 0.4) is 0 Å². The molecule has 1 aliphatic rings. The highest BCUT2D eigenvalue weighted by molar-refractivity contribution is 5.86. The topological polar surface area (TPSA) is 71.1 Å². The van der Waals surface area contributed by atoms with Crippen LogP contribution in [0.2, 0.25) is 0 Å². The molecule has 0 amide bonds. The van der Waals surface area contributed by atoms with Crippen molar-refractivity contribution in [2.45, 2.75) is 25.9 Å². The van der Waals surface area contributed by atoms with Gasteiger partial charge in [0.1, 0.15) is 6.61 Å². The number of carbonyl (C=O) groups is 2. The molecule has 0 N–H and O–H groups in total. The Morgan fingerprint density at radius 1 is 1.40 bits per heavy atom. The first-order valence-electron chi connectivity index (χ1n) is 6.22. The van der Waals surface area contributed by atoms with Crippen molar-refractivity contribution in [2.75, 3.05) is 27.4 Å². The Balaban J connectivity index is 0.000000396. The molecule has 1 unspecified atom stereocenters. The predicted molar refractivity (Wildman–Crippen MR) is 72.9 cm³/mol. The Bertz CT molecular complexity index is 342. The monoisotopic (exact) mass is 286 g/mol. The second-order valence-electron chi connectivity index (χ2n) is 4.08. The fourth-order valence-corrected chi connectivity index (χ4v) is 1.26. The third-order valence-electron chi connectivity index (χ3n) is 2.31. The summed E-state index contributed by atoms with van der Waals surface area (Å²) in [4.78, 5) is 21.1. The summed E-state index contributed by atoms with van der Waals surface area (Å²) in [5.41, 5.74) is 0.438. The fourth-order valence-electron chi connectivity index (χ4n) is 1.26. The van der Waals surface area contributed by atoms with Crippen LogP contribution >= 0.6 is 0 Å². The van der Waals surface area contributed by atoms with Crippen molar-refractivity contribution in [1.29, 1.82) is 0 Å². The lowest BCUT2D eigenvalue weighted by molar-refractivity contribution is -0.142. The molecule has 114 valence electrons. The maximum Gasteiger partial charge on any atom is 0.333 e. The second kappa shape index (κ2) is 11.0. The fraction of sp³-hybridized carbons (Fsp3) is 0.571. The van der Waals surface area contributed by atoms with Crippen molar-refractivity contribution in [1.82, 2.24) is 0 Å². The summed E-state index contributed by atoms with van der Waals surface area (Å²) in [5.74, 6) is -0.739.